The maximum Gasteiger partial charge on any atom is 0.115 e. The van der Waals surface area contributed by atoms with Crippen LogP contribution in [0.1, 0.15) is 22.3 Å². The molecule has 130 valence electrons. The second-order valence-corrected chi connectivity index (χ2v) is 6.30. The largest absolute Gasteiger partial charge is 0.508 e. The van der Waals surface area contributed by atoms with E-state index in [1.165, 1.54) is 5.56 Å². The van der Waals surface area contributed by atoms with E-state index in [9.17, 15) is 10.2 Å². The Balaban J connectivity index is 2.23. The molecule has 26 heavy (non-hydrogen) atoms. The molecular formula is C24H22O2. The summed E-state index contributed by atoms with van der Waals surface area (Å²) in [7, 11) is 0. The topological polar surface area (TPSA) is 40.5 Å². The second kappa shape index (κ2) is 7.32. The number of benzene rings is 3. The van der Waals surface area contributed by atoms with Gasteiger partial charge >= 0.3 is 0 Å². The Bertz CT molecular complexity index is 843. The zero-order valence-corrected chi connectivity index (χ0v) is 14.6. The zero-order valence-electron chi connectivity index (χ0n) is 14.6. The van der Waals surface area contributed by atoms with Gasteiger partial charge in [0.05, 0.1) is 5.41 Å². The minimum Gasteiger partial charge on any atom is -0.508 e. The average molecular weight is 342 g/mol. The lowest BCUT2D eigenvalue weighted by atomic mass is 9.69. The lowest BCUT2D eigenvalue weighted by Crippen LogP contribution is -2.26. The maximum absolute atomic E-state index is 9.70. The molecule has 0 heterocycles. The van der Waals surface area contributed by atoms with Gasteiger partial charge in [0.25, 0.3) is 0 Å². The molecule has 3 aromatic carbocycles. The van der Waals surface area contributed by atoms with E-state index in [2.05, 4.69) is 37.4 Å². The Kier molecular flexibility index (Phi) is 4.94. The van der Waals surface area contributed by atoms with Gasteiger partial charge in [-0.1, -0.05) is 60.7 Å². The average Bonchev–Trinajstić information content (AvgIpc) is 2.67. The molecule has 0 aliphatic rings. The van der Waals surface area contributed by atoms with E-state index in [-0.39, 0.29) is 11.5 Å². The van der Waals surface area contributed by atoms with Crippen LogP contribution in [0.25, 0.3) is 0 Å². The van der Waals surface area contributed by atoms with Gasteiger partial charge in [-0.25, -0.2) is 0 Å². The van der Waals surface area contributed by atoms with Gasteiger partial charge in [-0.15, -0.1) is 13.2 Å². The highest BCUT2D eigenvalue weighted by Gasteiger charge is 2.33. The first kappa shape index (κ1) is 17.6. The van der Waals surface area contributed by atoms with Crippen LogP contribution in [0.4, 0.5) is 0 Å². The molecule has 2 nitrogen and oxygen atoms in total. The predicted molar refractivity (Wildman–Crippen MR) is 107 cm³/mol. The van der Waals surface area contributed by atoms with Crippen LogP contribution in [-0.4, -0.2) is 10.2 Å². The van der Waals surface area contributed by atoms with Crippen LogP contribution in [-0.2, 0) is 11.8 Å². The Morgan fingerprint density at radius 1 is 0.654 bits per heavy atom. The van der Waals surface area contributed by atoms with Crippen LogP contribution in [0, 0.1) is 0 Å². The third-order valence-electron chi connectivity index (χ3n) is 4.74. The summed E-state index contributed by atoms with van der Waals surface area (Å²) in [5.41, 5.74) is 3.66. The standard InChI is InChI=1S/C24H22O2/c1-3-5-18-6-8-19(9-7-18)24(4-2,20-10-14-22(25)15-11-20)21-12-16-23(26)17-13-21/h3-4,6-17,25-26H,1-2,5H2. The van der Waals surface area contributed by atoms with E-state index in [1.54, 1.807) is 24.3 Å². The molecule has 2 N–H and O–H groups in total. The number of rotatable bonds is 6. The van der Waals surface area contributed by atoms with Crippen molar-refractivity contribution in [3.8, 4) is 11.5 Å². The number of aromatic hydroxyl groups is 2. The molecule has 2 heteroatoms. The van der Waals surface area contributed by atoms with Crippen LogP contribution < -0.4 is 0 Å². The van der Waals surface area contributed by atoms with Gasteiger partial charge in [-0.2, -0.15) is 0 Å². The molecule has 3 aromatic rings. The van der Waals surface area contributed by atoms with Gasteiger partial charge < -0.3 is 10.2 Å². The molecule has 0 aromatic heterocycles. The molecular weight excluding hydrogens is 320 g/mol. The zero-order chi connectivity index (χ0) is 18.6. The summed E-state index contributed by atoms with van der Waals surface area (Å²) in [6, 6.07) is 22.7. The van der Waals surface area contributed by atoms with Crippen molar-refractivity contribution in [2.24, 2.45) is 0 Å². The summed E-state index contributed by atoms with van der Waals surface area (Å²) in [6.07, 6.45) is 4.61. The maximum atomic E-state index is 9.70. The molecule has 0 saturated carbocycles. The third-order valence-corrected chi connectivity index (χ3v) is 4.74. The summed E-state index contributed by atoms with van der Waals surface area (Å²) >= 11 is 0. The minimum absolute atomic E-state index is 0.221. The highest BCUT2D eigenvalue weighted by atomic mass is 16.3. The van der Waals surface area contributed by atoms with Crippen molar-refractivity contribution < 1.29 is 10.2 Å². The molecule has 0 aliphatic carbocycles. The van der Waals surface area contributed by atoms with Crippen molar-refractivity contribution in [1.82, 2.24) is 0 Å². The fourth-order valence-electron chi connectivity index (χ4n) is 3.37. The van der Waals surface area contributed by atoms with Crippen LogP contribution in [0.5, 0.6) is 11.5 Å². The molecule has 0 saturated heterocycles. The van der Waals surface area contributed by atoms with E-state index in [0.29, 0.717) is 0 Å². The number of phenols is 2. The van der Waals surface area contributed by atoms with Crippen molar-refractivity contribution in [3.05, 3.63) is 120 Å². The van der Waals surface area contributed by atoms with Crippen molar-refractivity contribution in [2.45, 2.75) is 11.8 Å². The number of allylic oxidation sites excluding steroid dienone is 2. The smallest absolute Gasteiger partial charge is 0.115 e. The Morgan fingerprint density at radius 2 is 1.04 bits per heavy atom. The summed E-state index contributed by atoms with van der Waals surface area (Å²) in [4.78, 5) is 0. The van der Waals surface area contributed by atoms with Crippen molar-refractivity contribution in [3.63, 3.8) is 0 Å². The normalized spacial score (nSPS) is 11.1. The fraction of sp³-hybridized carbons (Fsp3) is 0.0833. The van der Waals surface area contributed by atoms with Gasteiger partial charge in [-0.3, -0.25) is 0 Å². The molecule has 0 amide bonds. The summed E-state index contributed by atoms with van der Waals surface area (Å²) < 4.78 is 0. The van der Waals surface area contributed by atoms with E-state index in [0.717, 1.165) is 23.1 Å². The second-order valence-electron chi connectivity index (χ2n) is 6.30. The quantitative estimate of drug-likeness (QED) is 0.468. The molecule has 0 fully saturated rings. The first-order valence-electron chi connectivity index (χ1n) is 8.53. The first-order valence-corrected chi connectivity index (χ1v) is 8.53. The molecule has 0 aliphatic heterocycles. The highest BCUT2D eigenvalue weighted by Crippen LogP contribution is 2.41. The lowest BCUT2D eigenvalue weighted by Gasteiger charge is -2.33. The van der Waals surface area contributed by atoms with Gasteiger partial charge in [0, 0.05) is 0 Å². The molecule has 0 bridgehead atoms. The summed E-state index contributed by atoms with van der Waals surface area (Å²) in [5.74, 6) is 0.442. The third kappa shape index (κ3) is 3.14. The van der Waals surface area contributed by atoms with E-state index < -0.39 is 5.41 Å². The van der Waals surface area contributed by atoms with E-state index in [4.69, 9.17) is 0 Å². The molecule has 0 atom stereocenters. The van der Waals surface area contributed by atoms with Crippen LogP contribution >= 0.6 is 0 Å². The van der Waals surface area contributed by atoms with E-state index in [1.807, 2.05) is 36.4 Å². The predicted octanol–water partition coefficient (Wildman–Crippen LogP) is 5.35. The molecule has 3 rings (SSSR count). The Hall–Kier alpha value is -3.26. The van der Waals surface area contributed by atoms with Crippen molar-refractivity contribution in [1.29, 1.82) is 0 Å². The van der Waals surface area contributed by atoms with Crippen LogP contribution in [0.2, 0.25) is 0 Å². The number of phenolic OH excluding ortho intramolecular Hbond substituents is 2. The summed E-state index contributed by atoms with van der Waals surface area (Å²) in [6.45, 7) is 7.92. The lowest BCUT2D eigenvalue weighted by molar-refractivity contribution is 0.475. The molecule has 0 radical (unpaired) electrons. The SMILES string of the molecule is C=CCc1ccc(C(C=C)(c2ccc(O)cc2)c2ccc(O)cc2)cc1. The first-order chi connectivity index (χ1) is 12.6. The van der Waals surface area contributed by atoms with E-state index >= 15 is 0 Å². The van der Waals surface area contributed by atoms with Crippen molar-refractivity contribution >= 4 is 0 Å². The highest BCUT2D eigenvalue weighted by molar-refractivity contribution is 5.56. The number of hydrogen-bond acceptors (Lipinski definition) is 2. The van der Waals surface area contributed by atoms with Crippen molar-refractivity contribution in [2.75, 3.05) is 0 Å². The monoisotopic (exact) mass is 342 g/mol. The van der Waals surface area contributed by atoms with Gasteiger partial charge in [-0.05, 0) is 52.9 Å². The number of hydrogen-bond donors (Lipinski definition) is 2. The van der Waals surface area contributed by atoms with Gasteiger partial charge in [0.2, 0.25) is 0 Å². The van der Waals surface area contributed by atoms with Crippen LogP contribution in [0.15, 0.2) is 98.1 Å². The van der Waals surface area contributed by atoms with Gasteiger partial charge in [0.1, 0.15) is 11.5 Å². The Morgan fingerprint density at radius 3 is 1.38 bits per heavy atom. The Labute approximate surface area is 154 Å². The molecule has 0 unspecified atom stereocenters. The van der Waals surface area contributed by atoms with Gasteiger partial charge in [0.15, 0.2) is 0 Å². The summed E-state index contributed by atoms with van der Waals surface area (Å²) in [5, 5.41) is 19.4. The molecule has 0 spiro atoms. The minimum atomic E-state index is -0.589. The fourth-order valence-corrected chi connectivity index (χ4v) is 3.37. The van der Waals surface area contributed by atoms with Crippen LogP contribution in [0.3, 0.4) is 0 Å².